The van der Waals surface area contributed by atoms with Gasteiger partial charge >= 0.3 is 0 Å². The fourth-order valence-electron chi connectivity index (χ4n) is 2.55. The van der Waals surface area contributed by atoms with E-state index in [4.69, 9.17) is 0 Å². The summed E-state index contributed by atoms with van der Waals surface area (Å²) in [4.78, 5) is 8.58. The first-order valence-electron chi connectivity index (χ1n) is 8.08. The van der Waals surface area contributed by atoms with Gasteiger partial charge in [0, 0.05) is 36.2 Å². The van der Waals surface area contributed by atoms with E-state index in [9.17, 15) is 0 Å². The van der Waals surface area contributed by atoms with Gasteiger partial charge in [-0.05, 0) is 31.6 Å². The average Bonchev–Trinajstić information content (AvgIpc) is 3.13. The fourth-order valence-corrected chi connectivity index (χ4v) is 3.49. The molecule has 4 heteroatoms. The highest BCUT2D eigenvalue weighted by molar-refractivity contribution is 7.15. The first-order chi connectivity index (χ1) is 9.63. The van der Waals surface area contributed by atoms with Crippen LogP contribution >= 0.6 is 11.3 Å². The molecule has 20 heavy (non-hydrogen) atoms. The number of aromatic nitrogens is 1. The van der Waals surface area contributed by atoms with Crippen LogP contribution in [0.5, 0.6) is 0 Å². The predicted octanol–water partition coefficient (Wildman–Crippen LogP) is 4.05. The number of thiazole rings is 1. The van der Waals surface area contributed by atoms with Gasteiger partial charge in [-0.3, -0.25) is 0 Å². The van der Waals surface area contributed by atoms with Crippen LogP contribution in [0.15, 0.2) is 6.20 Å². The van der Waals surface area contributed by atoms with Crippen molar-refractivity contribution in [2.75, 3.05) is 11.4 Å². The van der Waals surface area contributed by atoms with E-state index in [0.29, 0.717) is 12.0 Å². The van der Waals surface area contributed by atoms with Gasteiger partial charge in [0.15, 0.2) is 5.13 Å². The topological polar surface area (TPSA) is 28.2 Å². The zero-order chi connectivity index (χ0) is 14.5. The van der Waals surface area contributed by atoms with Gasteiger partial charge in [0.25, 0.3) is 0 Å². The molecule has 0 atom stereocenters. The molecule has 1 aromatic rings. The summed E-state index contributed by atoms with van der Waals surface area (Å²) < 4.78 is 0. The molecule has 1 aromatic heterocycles. The van der Waals surface area contributed by atoms with E-state index in [1.165, 1.54) is 35.7 Å². The summed E-state index contributed by atoms with van der Waals surface area (Å²) in [6, 6.07) is 1.39. The second kappa shape index (κ2) is 7.41. The van der Waals surface area contributed by atoms with Gasteiger partial charge in [0.1, 0.15) is 0 Å². The molecule has 1 aliphatic rings. The number of nitrogens with one attached hydrogen (secondary N) is 1. The Labute approximate surface area is 127 Å². The quantitative estimate of drug-likeness (QED) is 0.745. The van der Waals surface area contributed by atoms with E-state index < -0.39 is 0 Å². The second-order valence-electron chi connectivity index (χ2n) is 6.28. The highest BCUT2D eigenvalue weighted by Gasteiger charge is 2.22. The monoisotopic (exact) mass is 295 g/mol. The summed E-state index contributed by atoms with van der Waals surface area (Å²) in [5.74, 6) is 0.674. The molecule has 114 valence electrons. The van der Waals surface area contributed by atoms with Crippen molar-refractivity contribution in [2.45, 2.75) is 72.0 Å². The van der Waals surface area contributed by atoms with E-state index in [2.05, 4.69) is 49.1 Å². The number of nitrogens with zero attached hydrogens (tertiary/aromatic N) is 2. The second-order valence-corrected chi connectivity index (χ2v) is 7.37. The van der Waals surface area contributed by atoms with Crippen LogP contribution in [0.25, 0.3) is 0 Å². The molecule has 1 heterocycles. The van der Waals surface area contributed by atoms with Crippen molar-refractivity contribution in [1.29, 1.82) is 0 Å². The molecular weight excluding hydrogens is 266 g/mol. The summed E-state index contributed by atoms with van der Waals surface area (Å²) in [6.45, 7) is 11.2. The van der Waals surface area contributed by atoms with Crippen LogP contribution < -0.4 is 10.2 Å². The zero-order valence-electron chi connectivity index (χ0n) is 13.4. The predicted molar refractivity (Wildman–Crippen MR) is 88.5 cm³/mol. The van der Waals surface area contributed by atoms with Crippen LogP contribution in [0.3, 0.4) is 0 Å². The minimum absolute atomic E-state index is 0.618. The highest BCUT2D eigenvalue weighted by atomic mass is 32.1. The van der Waals surface area contributed by atoms with E-state index >= 15 is 0 Å². The van der Waals surface area contributed by atoms with Crippen LogP contribution in [0, 0.1) is 5.92 Å². The van der Waals surface area contributed by atoms with Crippen LogP contribution in [-0.2, 0) is 6.54 Å². The first kappa shape index (κ1) is 15.8. The zero-order valence-corrected chi connectivity index (χ0v) is 14.2. The van der Waals surface area contributed by atoms with Crippen molar-refractivity contribution in [1.82, 2.24) is 10.3 Å². The lowest BCUT2D eigenvalue weighted by molar-refractivity contribution is 0.507. The van der Waals surface area contributed by atoms with Gasteiger partial charge in [0.05, 0.1) is 0 Å². The van der Waals surface area contributed by atoms with E-state index in [-0.39, 0.29) is 0 Å². The van der Waals surface area contributed by atoms with Gasteiger partial charge < -0.3 is 10.2 Å². The smallest absolute Gasteiger partial charge is 0.185 e. The molecule has 0 bridgehead atoms. The maximum Gasteiger partial charge on any atom is 0.185 e. The standard InChI is InChI=1S/C16H29N3S/c1-5-14(6-2)19(11-12(3)4)16-18-10-15(20-16)9-17-13-7-8-13/h10,12-14,17H,5-9,11H2,1-4H3. The Morgan fingerprint density at radius 3 is 2.60 bits per heavy atom. The van der Waals surface area contributed by atoms with E-state index in [1.54, 1.807) is 0 Å². The highest BCUT2D eigenvalue weighted by Crippen LogP contribution is 2.28. The molecule has 2 rings (SSSR count). The number of hydrogen-bond acceptors (Lipinski definition) is 4. The maximum atomic E-state index is 4.69. The Bertz CT molecular complexity index is 394. The number of rotatable bonds is 9. The van der Waals surface area contributed by atoms with Crippen LogP contribution in [0.1, 0.15) is 58.3 Å². The molecular formula is C16H29N3S. The molecule has 1 aliphatic carbocycles. The Balaban J connectivity index is 2.02. The molecule has 1 N–H and O–H groups in total. The number of hydrogen-bond donors (Lipinski definition) is 1. The van der Waals surface area contributed by atoms with Crippen LogP contribution in [0.4, 0.5) is 5.13 Å². The third-order valence-electron chi connectivity index (χ3n) is 3.87. The summed E-state index contributed by atoms with van der Waals surface area (Å²) in [5, 5.41) is 4.78. The Hall–Kier alpha value is -0.610. The summed E-state index contributed by atoms with van der Waals surface area (Å²) in [5.41, 5.74) is 0. The molecule has 0 unspecified atom stereocenters. The maximum absolute atomic E-state index is 4.69. The van der Waals surface area contributed by atoms with Crippen molar-refractivity contribution < 1.29 is 0 Å². The van der Waals surface area contributed by atoms with Gasteiger partial charge in [-0.15, -0.1) is 11.3 Å². The van der Waals surface area contributed by atoms with Crippen molar-refractivity contribution in [2.24, 2.45) is 5.92 Å². The average molecular weight is 295 g/mol. The Morgan fingerprint density at radius 2 is 2.05 bits per heavy atom. The summed E-state index contributed by atoms with van der Waals surface area (Å²) in [6.07, 6.45) is 7.14. The molecule has 3 nitrogen and oxygen atoms in total. The Morgan fingerprint density at radius 1 is 1.35 bits per heavy atom. The lowest BCUT2D eigenvalue weighted by Gasteiger charge is -2.31. The molecule has 0 aromatic carbocycles. The van der Waals surface area contributed by atoms with Crippen molar-refractivity contribution >= 4 is 16.5 Å². The molecule has 0 saturated heterocycles. The molecule has 1 saturated carbocycles. The minimum atomic E-state index is 0.618. The molecule has 0 aliphatic heterocycles. The minimum Gasteiger partial charge on any atom is -0.345 e. The third kappa shape index (κ3) is 4.45. The SMILES string of the molecule is CCC(CC)N(CC(C)C)c1ncc(CNC2CC2)s1. The van der Waals surface area contributed by atoms with Crippen LogP contribution in [-0.4, -0.2) is 23.6 Å². The molecule has 0 amide bonds. The Kier molecular flexibility index (Phi) is 5.85. The molecule has 1 fully saturated rings. The van der Waals surface area contributed by atoms with E-state index in [0.717, 1.165) is 19.1 Å². The van der Waals surface area contributed by atoms with Gasteiger partial charge in [-0.25, -0.2) is 4.98 Å². The van der Waals surface area contributed by atoms with Crippen molar-refractivity contribution in [3.05, 3.63) is 11.1 Å². The van der Waals surface area contributed by atoms with Crippen LogP contribution in [0.2, 0.25) is 0 Å². The largest absolute Gasteiger partial charge is 0.345 e. The van der Waals surface area contributed by atoms with E-state index in [1.807, 2.05) is 11.3 Å². The summed E-state index contributed by atoms with van der Waals surface area (Å²) in [7, 11) is 0. The van der Waals surface area contributed by atoms with Crippen molar-refractivity contribution in [3.8, 4) is 0 Å². The van der Waals surface area contributed by atoms with Gasteiger partial charge in [-0.2, -0.15) is 0 Å². The third-order valence-corrected chi connectivity index (χ3v) is 4.91. The normalized spacial score (nSPS) is 15.3. The molecule has 0 spiro atoms. The first-order valence-corrected chi connectivity index (χ1v) is 8.90. The summed E-state index contributed by atoms with van der Waals surface area (Å²) >= 11 is 1.86. The lowest BCUT2D eigenvalue weighted by atomic mass is 10.1. The van der Waals surface area contributed by atoms with Crippen molar-refractivity contribution in [3.63, 3.8) is 0 Å². The fraction of sp³-hybridized carbons (Fsp3) is 0.812. The number of anilines is 1. The lowest BCUT2D eigenvalue weighted by Crippen LogP contribution is -2.37. The van der Waals surface area contributed by atoms with Gasteiger partial charge in [0.2, 0.25) is 0 Å². The van der Waals surface area contributed by atoms with Gasteiger partial charge in [-0.1, -0.05) is 27.7 Å². The molecule has 0 radical (unpaired) electrons.